The first-order chi connectivity index (χ1) is 3.66. The largest absolute Gasteiger partial charge is 0.402 e. The van der Waals surface area contributed by atoms with Crippen molar-refractivity contribution in [2.24, 2.45) is 10.7 Å². The fourth-order valence-electron chi connectivity index (χ4n) is 0.394. The van der Waals surface area contributed by atoms with Gasteiger partial charge in [-0.05, 0) is 19.9 Å². The minimum absolute atomic E-state index is 0.799. The molecule has 0 radical (unpaired) electrons. The van der Waals surface area contributed by atoms with Gasteiger partial charge in [0.25, 0.3) is 0 Å². The van der Waals surface area contributed by atoms with Crippen LogP contribution in [0.25, 0.3) is 0 Å². The summed E-state index contributed by atoms with van der Waals surface area (Å²) in [6.45, 7) is 3.76. The van der Waals surface area contributed by atoms with Crippen molar-refractivity contribution in [1.29, 1.82) is 0 Å². The Hall–Kier alpha value is -0.790. The van der Waals surface area contributed by atoms with Crippen molar-refractivity contribution in [3.63, 3.8) is 0 Å². The number of aliphatic imine (C=N–C) groups is 1. The second-order valence-corrected chi connectivity index (χ2v) is 1.75. The van der Waals surface area contributed by atoms with Crippen LogP contribution in [0.4, 0.5) is 0 Å². The number of hydrogen-bond donors (Lipinski definition) is 1. The van der Waals surface area contributed by atoms with E-state index in [4.69, 9.17) is 5.73 Å². The number of nitrogens with zero attached hydrogens (tertiary/aromatic N) is 1. The predicted molar refractivity (Wildman–Crippen MR) is 37.0 cm³/mol. The van der Waals surface area contributed by atoms with Crippen molar-refractivity contribution in [3.8, 4) is 0 Å². The lowest BCUT2D eigenvalue weighted by molar-refractivity contribution is 1.31. The summed E-state index contributed by atoms with van der Waals surface area (Å²) in [6, 6.07) is 0. The Morgan fingerprint density at radius 2 is 2.00 bits per heavy atom. The van der Waals surface area contributed by atoms with Gasteiger partial charge in [-0.3, -0.25) is 4.99 Å². The molecule has 0 spiro atoms. The molecule has 2 nitrogen and oxygen atoms in total. The van der Waals surface area contributed by atoms with E-state index < -0.39 is 0 Å². The highest BCUT2D eigenvalue weighted by Gasteiger charge is 1.79. The van der Waals surface area contributed by atoms with E-state index in [0.29, 0.717) is 0 Å². The summed E-state index contributed by atoms with van der Waals surface area (Å²) in [6.07, 6.45) is 1.83. The molecule has 2 N–H and O–H groups in total. The maximum absolute atomic E-state index is 5.35. The van der Waals surface area contributed by atoms with Crippen molar-refractivity contribution in [2.75, 3.05) is 7.05 Å². The average molecular weight is 112 g/mol. The molecule has 0 aromatic heterocycles. The number of allylic oxidation sites excluding steroid dienone is 2. The van der Waals surface area contributed by atoms with Crippen LogP contribution in [0.2, 0.25) is 0 Å². The van der Waals surface area contributed by atoms with E-state index in [9.17, 15) is 0 Å². The molecule has 0 heterocycles. The van der Waals surface area contributed by atoms with E-state index in [1.807, 2.05) is 19.9 Å². The van der Waals surface area contributed by atoms with Crippen LogP contribution < -0.4 is 5.73 Å². The predicted octanol–water partition coefficient (Wildman–Crippen LogP) is 0.940. The summed E-state index contributed by atoms with van der Waals surface area (Å²) >= 11 is 0. The molecule has 0 unspecified atom stereocenters. The molecule has 0 saturated carbocycles. The molecule has 0 aliphatic rings. The average Bonchev–Trinajstić information content (AvgIpc) is 1.65. The number of rotatable bonds is 1. The molecule has 0 aromatic carbocycles. The van der Waals surface area contributed by atoms with Gasteiger partial charge in [0.15, 0.2) is 0 Å². The highest BCUT2D eigenvalue weighted by atomic mass is 14.7. The lowest BCUT2D eigenvalue weighted by Crippen LogP contribution is -1.94. The van der Waals surface area contributed by atoms with Crippen LogP contribution in [0.1, 0.15) is 13.8 Å². The van der Waals surface area contributed by atoms with Crippen molar-refractivity contribution >= 4 is 5.71 Å². The number of nitrogens with two attached hydrogens (primary N) is 1. The van der Waals surface area contributed by atoms with Gasteiger partial charge in [-0.2, -0.15) is 0 Å². The van der Waals surface area contributed by atoms with Crippen LogP contribution >= 0.6 is 0 Å². The van der Waals surface area contributed by atoms with Gasteiger partial charge in [0.05, 0.1) is 0 Å². The molecular weight excluding hydrogens is 100 g/mol. The third-order valence-electron chi connectivity index (χ3n) is 0.789. The smallest absolute Gasteiger partial charge is 0.0330 e. The highest BCUT2D eigenvalue weighted by Crippen LogP contribution is 1.82. The van der Waals surface area contributed by atoms with Crippen molar-refractivity contribution in [1.82, 2.24) is 0 Å². The molecule has 0 rings (SSSR count). The summed E-state index contributed by atoms with van der Waals surface area (Å²) in [5, 5.41) is 0. The summed E-state index contributed by atoms with van der Waals surface area (Å²) in [5.74, 6) is 0. The van der Waals surface area contributed by atoms with Crippen LogP contribution in [0, 0.1) is 0 Å². The molecule has 46 valence electrons. The Balaban J connectivity index is 3.89. The van der Waals surface area contributed by atoms with Gasteiger partial charge >= 0.3 is 0 Å². The topological polar surface area (TPSA) is 38.4 Å². The summed E-state index contributed by atoms with van der Waals surface area (Å²) in [5.41, 5.74) is 7.11. The van der Waals surface area contributed by atoms with Crippen LogP contribution in [0.5, 0.6) is 0 Å². The SMILES string of the molecule is C/N=C(C)\C=C(/C)N. The van der Waals surface area contributed by atoms with Gasteiger partial charge in [-0.25, -0.2) is 0 Å². The molecule has 8 heavy (non-hydrogen) atoms. The fraction of sp³-hybridized carbons (Fsp3) is 0.500. The monoisotopic (exact) mass is 112 g/mol. The van der Waals surface area contributed by atoms with E-state index in [2.05, 4.69) is 4.99 Å². The van der Waals surface area contributed by atoms with Gasteiger partial charge in [0.1, 0.15) is 0 Å². The maximum Gasteiger partial charge on any atom is 0.0330 e. The lowest BCUT2D eigenvalue weighted by atomic mass is 10.3. The summed E-state index contributed by atoms with van der Waals surface area (Å²) in [4.78, 5) is 3.89. The maximum atomic E-state index is 5.35. The third-order valence-corrected chi connectivity index (χ3v) is 0.789. The lowest BCUT2D eigenvalue weighted by Gasteiger charge is -1.88. The molecule has 0 aliphatic heterocycles. The Morgan fingerprint density at radius 1 is 1.50 bits per heavy atom. The highest BCUT2D eigenvalue weighted by molar-refractivity contribution is 5.93. The summed E-state index contributed by atoms with van der Waals surface area (Å²) in [7, 11) is 1.74. The van der Waals surface area contributed by atoms with Crippen LogP contribution in [-0.2, 0) is 0 Å². The Morgan fingerprint density at radius 3 is 2.12 bits per heavy atom. The van der Waals surface area contributed by atoms with Crippen molar-refractivity contribution in [3.05, 3.63) is 11.8 Å². The minimum atomic E-state index is 0.799. The number of hydrogen-bond acceptors (Lipinski definition) is 2. The zero-order chi connectivity index (χ0) is 6.57. The third kappa shape index (κ3) is 3.40. The summed E-state index contributed by atoms with van der Waals surface area (Å²) < 4.78 is 0. The minimum Gasteiger partial charge on any atom is -0.402 e. The van der Waals surface area contributed by atoms with E-state index in [1.54, 1.807) is 7.05 Å². The van der Waals surface area contributed by atoms with Gasteiger partial charge in [-0.1, -0.05) is 0 Å². The van der Waals surface area contributed by atoms with Gasteiger partial charge in [0, 0.05) is 18.5 Å². The molecule has 0 atom stereocenters. The first-order valence-electron chi connectivity index (χ1n) is 2.54. The molecular formula is C6H12N2. The van der Waals surface area contributed by atoms with E-state index in [0.717, 1.165) is 11.4 Å². The van der Waals surface area contributed by atoms with E-state index >= 15 is 0 Å². The molecule has 0 bridgehead atoms. The van der Waals surface area contributed by atoms with Gasteiger partial charge < -0.3 is 5.73 Å². The Kier molecular flexibility index (Phi) is 2.92. The van der Waals surface area contributed by atoms with E-state index in [1.165, 1.54) is 0 Å². The molecule has 0 aliphatic carbocycles. The zero-order valence-corrected chi connectivity index (χ0v) is 5.60. The molecule has 2 heteroatoms. The molecule has 0 aromatic rings. The standard InChI is InChI=1S/C6H12N2/c1-5(7)4-6(2)8-3/h4H,7H2,1-3H3/b5-4+,8-6-. The second kappa shape index (κ2) is 3.24. The first kappa shape index (κ1) is 7.21. The molecule has 0 fully saturated rings. The molecule has 0 amide bonds. The second-order valence-electron chi connectivity index (χ2n) is 1.75. The Labute approximate surface area is 50.1 Å². The van der Waals surface area contributed by atoms with Gasteiger partial charge in [-0.15, -0.1) is 0 Å². The normalized spacial score (nSPS) is 14.4. The van der Waals surface area contributed by atoms with Crippen LogP contribution in [0.15, 0.2) is 16.8 Å². The van der Waals surface area contributed by atoms with Crippen LogP contribution in [0.3, 0.4) is 0 Å². The Bertz CT molecular complexity index is 118. The fourth-order valence-corrected chi connectivity index (χ4v) is 0.394. The van der Waals surface area contributed by atoms with E-state index in [-0.39, 0.29) is 0 Å². The first-order valence-corrected chi connectivity index (χ1v) is 2.54. The zero-order valence-electron chi connectivity index (χ0n) is 5.60. The van der Waals surface area contributed by atoms with Crippen molar-refractivity contribution < 1.29 is 0 Å². The van der Waals surface area contributed by atoms with Gasteiger partial charge in [0.2, 0.25) is 0 Å². The van der Waals surface area contributed by atoms with Crippen LogP contribution in [-0.4, -0.2) is 12.8 Å². The quantitative estimate of drug-likeness (QED) is 0.504. The van der Waals surface area contributed by atoms with Crippen molar-refractivity contribution in [2.45, 2.75) is 13.8 Å². The molecule has 0 saturated heterocycles.